The molecule has 0 unspecified atom stereocenters. The molecule has 0 N–H and O–H groups in total. The smallest absolute Gasteiger partial charge is 0.184 e. The minimum Gasteiger partial charge on any atom is -0.309 e. The van der Waals surface area contributed by atoms with Crippen molar-refractivity contribution in [2.75, 3.05) is 4.90 Å². The molecule has 0 radical (unpaired) electrons. The quantitative estimate of drug-likeness (QED) is 0.127. The molecule has 15 aromatic rings. The van der Waals surface area contributed by atoms with E-state index in [9.17, 15) is 0 Å². The number of aromatic nitrogens is 2. The minimum absolute atomic E-state index is 0.937. The number of nitrogens with zero attached hydrogens (tertiary/aromatic N) is 3. The molecule has 4 heterocycles. The van der Waals surface area contributed by atoms with Crippen LogP contribution in [0, 0.1) is 0 Å². The lowest BCUT2D eigenvalue weighted by Gasteiger charge is -2.45. The molecule has 72 heavy (non-hydrogen) atoms. The number of hydrogen-bond acceptors (Lipinski definition) is 3. The van der Waals surface area contributed by atoms with Crippen molar-refractivity contribution in [3.8, 4) is 16.8 Å². The van der Waals surface area contributed by atoms with E-state index >= 15 is 0 Å². The van der Waals surface area contributed by atoms with Gasteiger partial charge in [-0.15, -0.1) is 11.3 Å². The van der Waals surface area contributed by atoms with Crippen molar-refractivity contribution in [3.63, 3.8) is 0 Å². The lowest BCUT2D eigenvalue weighted by molar-refractivity contribution is 1.20. The fourth-order valence-electron chi connectivity index (χ4n) is 12.8. The van der Waals surface area contributed by atoms with Crippen LogP contribution in [0.15, 0.2) is 249 Å². The van der Waals surface area contributed by atoms with Crippen molar-refractivity contribution in [2.24, 2.45) is 0 Å². The Morgan fingerprint density at radius 2 is 0.986 bits per heavy atom. The van der Waals surface area contributed by atoms with Gasteiger partial charge < -0.3 is 4.57 Å². The predicted octanol–water partition coefficient (Wildman–Crippen LogP) is 15.4. The standard InChI is InChI=1S/C67H41N3SSi/c1-3-18-47(19-4-1)72(48-20-5-2-6-21-48)62-29-14-12-27-57(62)70(67-49-22-8-7-16-42(49)36-37-68-67)58-35-33-45(40-63(58)72)44-32-34-56-53(38-44)50-23-9-11-26-55(50)69(56)59-41-54-65-46(31-30-43-17-15-25-51(59)64(43)65)39-61-66(54)52-24-10-13-28-60(52)71-61/h1-41H. The molecule has 1 aliphatic rings. The van der Waals surface area contributed by atoms with Crippen LogP contribution in [0.25, 0.3) is 102 Å². The first-order valence-electron chi connectivity index (χ1n) is 24.8. The predicted molar refractivity (Wildman–Crippen MR) is 310 cm³/mol. The molecular weight excluding hydrogens is 907 g/mol. The fraction of sp³-hybridized carbons (Fsp3) is 0. The first-order chi connectivity index (χ1) is 35.7. The topological polar surface area (TPSA) is 21.1 Å². The second-order valence-electron chi connectivity index (χ2n) is 19.4. The molecule has 0 spiro atoms. The second-order valence-corrected chi connectivity index (χ2v) is 24.2. The summed E-state index contributed by atoms with van der Waals surface area (Å²) in [5, 5.41) is 20.7. The molecule has 0 fully saturated rings. The number of hydrogen-bond donors (Lipinski definition) is 0. The van der Waals surface area contributed by atoms with E-state index in [4.69, 9.17) is 4.98 Å². The monoisotopic (exact) mass is 947 g/mol. The van der Waals surface area contributed by atoms with Gasteiger partial charge in [0.2, 0.25) is 0 Å². The summed E-state index contributed by atoms with van der Waals surface area (Å²) in [6, 6.07) is 91.2. The summed E-state index contributed by atoms with van der Waals surface area (Å²) in [5.41, 5.74) is 8.32. The van der Waals surface area contributed by atoms with Crippen LogP contribution in [-0.4, -0.2) is 17.6 Å². The van der Waals surface area contributed by atoms with Gasteiger partial charge in [-0.2, -0.15) is 0 Å². The average Bonchev–Trinajstić information content (AvgIpc) is 3.99. The number of rotatable bonds is 5. The molecule has 5 heteroatoms. The zero-order valence-electron chi connectivity index (χ0n) is 38.9. The first kappa shape index (κ1) is 39.9. The van der Waals surface area contributed by atoms with Gasteiger partial charge in [0.1, 0.15) is 5.82 Å². The Kier molecular flexibility index (Phi) is 8.35. The molecule has 0 amide bonds. The summed E-state index contributed by atoms with van der Waals surface area (Å²) in [5.74, 6) is 0.937. The number of pyridine rings is 1. The van der Waals surface area contributed by atoms with Crippen LogP contribution in [-0.2, 0) is 0 Å². The number of thiophene rings is 1. The Balaban J connectivity index is 0.967. The lowest BCUT2D eigenvalue weighted by atomic mass is 9.91. The van der Waals surface area contributed by atoms with Crippen molar-refractivity contribution < 1.29 is 0 Å². The molecule has 1 aliphatic heterocycles. The van der Waals surface area contributed by atoms with E-state index < -0.39 is 8.07 Å². The Hall–Kier alpha value is -8.87. The number of anilines is 3. The van der Waals surface area contributed by atoms with E-state index in [0.717, 1.165) is 11.2 Å². The van der Waals surface area contributed by atoms with Crippen LogP contribution in [0.2, 0.25) is 0 Å². The van der Waals surface area contributed by atoms with Crippen LogP contribution in [0.3, 0.4) is 0 Å². The van der Waals surface area contributed by atoms with Crippen LogP contribution in [0.1, 0.15) is 0 Å². The van der Waals surface area contributed by atoms with Gasteiger partial charge in [0.05, 0.1) is 16.7 Å². The van der Waals surface area contributed by atoms with E-state index in [2.05, 4.69) is 252 Å². The normalized spacial score (nSPS) is 13.4. The third-order valence-electron chi connectivity index (χ3n) is 15.8. The zero-order valence-corrected chi connectivity index (χ0v) is 40.7. The Morgan fingerprint density at radius 3 is 1.85 bits per heavy atom. The van der Waals surface area contributed by atoms with Gasteiger partial charge in [-0.3, -0.25) is 4.90 Å². The number of benzene rings is 12. The Labute approximate surface area is 420 Å². The van der Waals surface area contributed by atoms with Crippen LogP contribution in [0.5, 0.6) is 0 Å². The zero-order chi connectivity index (χ0) is 47.1. The Bertz CT molecular complexity index is 4660. The van der Waals surface area contributed by atoms with Gasteiger partial charge in [0, 0.05) is 59.3 Å². The molecule has 0 bridgehead atoms. The van der Waals surface area contributed by atoms with Gasteiger partial charge in [-0.05, 0) is 119 Å². The SMILES string of the molecule is c1ccc([Si]2(c3ccccc3)c3ccccc3N(c3nccc4ccccc34)c3ccc(-c4ccc5c(c4)c4ccccc4n5-c4cc5c6c(cc7ccc8cccc4c8c75)sc4ccccc46)cc32)cc1. The molecule has 16 rings (SSSR count). The molecule has 3 nitrogen and oxygen atoms in total. The van der Waals surface area contributed by atoms with Crippen molar-refractivity contribution in [1.29, 1.82) is 0 Å². The molecule has 12 aromatic carbocycles. The van der Waals surface area contributed by atoms with Crippen molar-refractivity contribution in [3.05, 3.63) is 249 Å². The van der Waals surface area contributed by atoms with E-state index in [1.807, 2.05) is 17.5 Å². The summed E-state index contributed by atoms with van der Waals surface area (Å²) in [6.45, 7) is 0. The first-order valence-corrected chi connectivity index (χ1v) is 27.6. The van der Waals surface area contributed by atoms with Crippen LogP contribution < -0.4 is 25.6 Å². The lowest BCUT2D eigenvalue weighted by Crippen LogP contribution is -2.77. The maximum atomic E-state index is 5.20. The van der Waals surface area contributed by atoms with E-state index in [1.54, 1.807) is 0 Å². The van der Waals surface area contributed by atoms with Gasteiger partial charge in [0.15, 0.2) is 8.07 Å². The summed E-state index contributed by atoms with van der Waals surface area (Å²) in [6.07, 6.45) is 1.96. The highest BCUT2D eigenvalue weighted by Crippen LogP contribution is 2.48. The average molecular weight is 948 g/mol. The van der Waals surface area contributed by atoms with Gasteiger partial charge in [-0.1, -0.05) is 188 Å². The molecule has 0 saturated carbocycles. The number of para-hydroxylation sites is 2. The van der Waals surface area contributed by atoms with E-state index in [-0.39, 0.29) is 0 Å². The molecular formula is C67H41N3SSi. The third-order valence-corrected chi connectivity index (χ3v) is 21.8. The van der Waals surface area contributed by atoms with Crippen molar-refractivity contribution in [1.82, 2.24) is 9.55 Å². The Morgan fingerprint density at radius 1 is 0.347 bits per heavy atom. The van der Waals surface area contributed by atoms with E-state index in [1.165, 1.54) is 129 Å². The second kappa shape index (κ2) is 15.1. The molecule has 0 aliphatic carbocycles. The molecule has 3 aromatic heterocycles. The summed E-state index contributed by atoms with van der Waals surface area (Å²) >= 11 is 1.90. The van der Waals surface area contributed by atoms with Crippen LogP contribution in [0.4, 0.5) is 17.2 Å². The molecule has 0 saturated heterocycles. The van der Waals surface area contributed by atoms with Crippen LogP contribution >= 0.6 is 11.3 Å². The highest BCUT2D eigenvalue weighted by Gasteiger charge is 2.49. The summed E-state index contributed by atoms with van der Waals surface area (Å²) < 4.78 is 5.20. The summed E-state index contributed by atoms with van der Waals surface area (Å²) in [4.78, 5) is 7.64. The minimum atomic E-state index is -2.98. The van der Waals surface area contributed by atoms with Gasteiger partial charge >= 0.3 is 0 Å². The highest BCUT2D eigenvalue weighted by atomic mass is 32.1. The van der Waals surface area contributed by atoms with Crippen molar-refractivity contribution >= 4 is 142 Å². The maximum Gasteiger partial charge on any atom is 0.184 e. The van der Waals surface area contributed by atoms with Crippen molar-refractivity contribution in [2.45, 2.75) is 0 Å². The largest absolute Gasteiger partial charge is 0.309 e. The molecule has 0 atom stereocenters. The highest BCUT2D eigenvalue weighted by molar-refractivity contribution is 7.26. The van der Waals surface area contributed by atoms with E-state index in [0.29, 0.717) is 0 Å². The third kappa shape index (κ3) is 5.41. The molecule has 334 valence electrons. The fourth-order valence-corrected chi connectivity index (χ4v) is 19.1. The number of fused-ring (bicyclic) bond motifs is 10. The van der Waals surface area contributed by atoms with Gasteiger partial charge in [-0.25, -0.2) is 4.98 Å². The summed E-state index contributed by atoms with van der Waals surface area (Å²) in [7, 11) is -2.98. The van der Waals surface area contributed by atoms with Gasteiger partial charge in [0.25, 0.3) is 0 Å². The maximum absolute atomic E-state index is 5.20.